The molecule has 1 aliphatic heterocycles. The summed E-state index contributed by atoms with van der Waals surface area (Å²) >= 11 is 0. The molecule has 0 N–H and O–H groups in total. The second kappa shape index (κ2) is 8.10. The number of aromatic nitrogens is 2. The molecule has 0 saturated carbocycles. The van der Waals surface area contributed by atoms with Crippen LogP contribution in [0.4, 0.5) is 5.82 Å². The van der Waals surface area contributed by atoms with Crippen molar-refractivity contribution in [3.05, 3.63) is 53.5 Å². The number of amides is 1. The first kappa shape index (κ1) is 17.4. The maximum atomic E-state index is 12.9. The van der Waals surface area contributed by atoms with E-state index in [-0.39, 0.29) is 5.91 Å². The summed E-state index contributed by atoms with van der Waals surface area (Å²) in [5, 5.41) is 0. The molecule has 3 rings (SSSR count). The van der Waals surface area contributed by atoms with Gasteiger partial charge in [-0.3, -0.25) is 4.79 Å². The Kier molecular flexibility index (Phi) is 5.64. The molecular formula is C20H26N4O. The first-order valence-electron chi connectivity index (χ1n) is 9.16. The maximum Gasteiger partial charge on any atom is 0.272 e. The standard InChI is InChI=1S/C20H26N4O/c1-3-10-23(11-4-2)19-13-18(21-15-22-19)20(25)24-12-9-16-7-5-6-8-17(16)14-24/h5-8,13,15H,3-4,9-12,14H2,1-2H3. The van der Waals surface area contributed by atoms with Crippen LogP contribution >= 0.6 is 0 Å². The molecule has 0 atom stereocenters. The lowest BCUT2D eigenvalue weighted by molar-refractivity contribution is 0.0728. The number of carbonyl (C=O) groups excluding carboxylic acids is 1. The molecule has 2 aromatic rings. The molecule has 0 radical (unpaired) electrons. The average molecular weight is 338 g/mol. The Morgan fingerprint density at radius 1 is 1.12 bits per heavy atom. The summed E-state index contributed by atoms with van der Waals surface area (Å²) in [5.41, 5.74) is 3.06. The van der Waals surface area contributed by atoms with Gasteiger partial charge in [-0.2, -0.15) is 0 Å². The number of benzene rings is 1. The summed E-state index contributed by atoms with van der Waals surface area (Å²) in [5.74, 6) is 0.838. The van der Waals surface area contributed by atoms with Gasteiger partial charge in [0.15, 0.2) is 0 Å². The summed E-state index contributed by atoms with van der Waals surface area (Å²) in [6, 6.07) is 10.2. The third-order valence-corrected chi connectivity index (χ3v) is 4.60. The molecule has 132 valence electrons. The van der Waals surface area contributed by atoms with E-state index in [1.54, 1.807) is 0 Å². The Morgan fingerprint density at radius 2 is 1.84 bits per heavy atom. The molecule has 0 bridgehead atoms. The van der Waals surface area contributed by atoms with Crippen molar-refractivity contribution in [2.75, 3.05) is 24.5 Å². The fourth-order valence-electron chi connectivity index (χ4n) is 3.35. The Bertz CT molecular complexity index is 725. The van der Waals surface area contributed by atoms with Gasteiger partial charge in [-0.15, -0.1) is 0 Å². The first-order valence-corrected chi connectivity index (χ1v) is 9.16. The van der Waals surface area contributed by atoms with E-state index in [0.717, 1.165) is 44.7 Å². The predicted molar refractivity (Wildman–Crippen MR) is 99.7 cm³/mol. The molecule has 5 heteroatoms. The van der Waals surface area contributed by atoms with Gasteiger partial charge in [0, 0.05) is 32.2 Å². The lowest BCUT2D eigenvalue weighted by Crippen LogP contribution is -2.36. The Labute approximate surface area is 149 Å². The van der Waals surface area contributed by atoms with Crippen LogP contribution in [0, 0.1) is 0 Å². The van der Waals surface area contributed by atoms with Crippen LogP contribution in [-0.4, -0.2) is 40.4 Å². The number of rotatable bonds is 6. The Morgan fingerprint density at radius 3 is 2.56 bits per heavy atom. The van der Waals surface area contributed by atoms with Gasteiger partial charge < -0.3 is 9.80 Å². The van der Waals surface area contributed by atoms with E-state index >= 15 is 0 Å². The van der Waals surface area contributed by atoms with Gasteiger partial charge in [0.25, 0.3) is 5.91 Å². The van der Waals surface area contributed by atoms with Crippen LogP contribution in [0.3, 0.4) is 0 Å². The van der Waals surface area contributed by atoms with E-state index < -0.39 is 0 Å². The van der Waals surface area contributed by atoms with Crippen molar-refractivity contribution in [1.29, 1.82) is 0 Å². The van der Waals surface area contributed by atoms with Gasteiger partial charge in [0.2, 0.25) is 0 Å². The van der Waals surface area contributed by atoms with Crippen molar-refractivity contribution >= 4 is 11.7 Å². The second-order valence-corrected chi connectivity index (χ2v) is 6.49. The number of anilines is 1. The van der Waals surface area contributed by atoms with E-state index in [1.165, 1.54) is 17.5 Å². The molecule has 0 fully saturated rings. The molecule has 1 amide bonds. The van der Waals surface area contributed by atoms with Gasteiger partial charge in [-0.25, -0.2) is 9.97 Å². The summed E-state index contributed by atoms with van der Waals surface area (Å²) < 4.78 is 0. The second-order valence-electron chi connectivity index (χ2n) is 6.49. The van der Waals surface area contributed by atoms with Gasteiger partial charge in [-0.05, 0) is 30.4 Å². The summed E-state index contributed by atoms with van der Waals surface area (Å²) in [6.45, 7) is 7.58. The Balaban J connectivity index is 1.78. The van der Waals surface area contributed by atoms with Crippen LogP contribution in [0.15, 0.2) is 36.7 Å². The van der Waals surface area contributed by atoms with E-state index in [2.05, 4.69) is 46.9 Å². The van der Waals surface area contributed by atoms with Crippen LogP contribution in [0.2, 0.25) is 0 Å². The molecule has 2 heterocycles. The highest BCUT2D eigenvalue weighted by Gasteiger charge is 2.23. The van der Waals surface area contributed by atoms with E-state index in [0.29, 0.717) is 12.2 Å². The van der Waals surface area contributed by atoms with Gasteiger partial charge in [0.1, 0.15) is 17.8 Å². The molecule has 0 spiro atoms. The zero-order valence-corrected chi connectivity index (χ0v) is 15.1. The molecule has 1 aromatic heterocycles. The topological polar surface area (TPSA) is 49.3 Å². The van der Waals surface area contributed by atoms with Gasteiger partial charge in [0.05, 0.1) is 0 Å². The molecule has 5 nitrogen and oxygen atoms in total. The average Bonchev–Trinajstić information content (AvgIpc) is 2.67. The minimum absolute atomic E-state index is 0.00824. The van der Waals surface area contributed by atoms with Crippen LogP contribution < -0.4 is 4.90 Å². The zero-order valence-electron chi connectivity index (χ0n) is 15.1. The summed E-state index contributed by atoms with van der Waals surface area (Å²) in [6.07, 6.45) is 4.52. The van der Waals surface area contributed by atoms with Gasteiger partial charge in [-0.1, -0.05) is 38.1 Å². The van der Waals surface area contributed by atoms with E-state index in [1.807, 2.05) is 17.0 Å². The number of nitrogens with zero attached hydrogens (tertiary/aromatic N) is 4. The lowest BCUT2D eigenvalue weighted by Gasteiger charge is -2.29. The van der Waals surface area contributed by atoms with Crippen LogP contribution in [0.1, 0.15) is 48.3 Å². The highest BCUT2D eigenvalue weighted by Crippen LogP contribution is 2.21. The first-order chi connectivity index (χ1) is 12.2. The molecule has 25 heavy (non-hydrogen) atoms. The molecule has 1 aromatic carbocycles. The third kappa shape index (κ3) is 3.98. The van der Waals surface area contributed by atoms with Crippen LogP contribution in [0.5, 0.6) is 0 Å². The molecule has 0 saturated heterocycles. The van der Waals surface area contributed by atoms with Crippen molar-refractivity contribution in [3.8, 4) is 0 Å². The number of hydrogen-bond acceptors (Lipinski definition) is 4. The van der Waals surface area contributed by atoms with Crippen molar-refractivity contribution in [3.63, 3.8) is 0 Å². The number of carbonyl (C=O) groups is 1. The molecule has 1 aliphatic rings. The molecule has 0 aliphatic carbocycles. The van der Waals surface area contributed by atoms with Crippen molar-refractivity contribution < 1.29 is 4.79 Å². The van der Waals surface area contributed by atoms with E-state index in [9.17, 15) is 4.79 Å². The predicted octanol–water partition coefficient (Wildman–Crippen LogP) is 3.30. The Hall–Kier alpha value is -2.43. The molecule has 0 unspecified atom stereocenters. The van der Waals surface area contributed by atoms with Gasteiger partial charge >= 0.3 is 0 Å². The molecular weight excluding hydrogens is 312 g/mol. The van der Waals surface area contributed by atoms with Crippen LogP contribution in [-0.2, 0) is 13.0 Å². The maximum absolute atomic E-state index is 12.9. The monoisotopic (exact) mass is 338 g/mol. The largest absolute Gasteiger partial charge is 0.357 e. The normalized spacial score (nSPS) is 13.4. The van der Waals surface area contributed by atoms with Crippen LogP contribution in [0.25, 0.3) is 0 Å². The number of fused-ring (bicyclic) bond motifs is 1. The fraction of sp³-hybridized carbons (Fsp3) is 0.450. The summed E-state index contributed by atoms with van der Waals surface area (Å²) in [7, 11) is 0. The highest BCUT2D eigenvalue weighted by atomic mass is 16.2. The minimum atomic E-state index is -0.00824. The zero-order chi connectivity index (χ0) is 17.6. The van der Waals surface area contributed by atoms with Crippen molar-refractivity contribution in [2.45, 2.75) is 39.7 Å². The van der Waals surface area contributed by atoms with Crippen molar-refractivity contribution in [1.82, 2.24) is 14.9 Å². The highest BCUT2D eigenvalue weighted by molar-refractivity contribution is 5.93. The third-order valence-electron chi connectivity index (χ3n) is 4.60. The SMILES string of the molecule is CCCN(CCC)c1cc(C(=O)N2CCc3ccccc3C2)ncn1. The van der Waals surface area contributed by atoms with E-state index in [4.69, 9.17) is 0 Å². The smallest absolute Gasteiger partial charge is 0.272 e. The summed E-state index contributed by atoms with van der Waals surface area (Å²) in [4.78, 5) is 25.7. The van der Waals surface area contributed by atoms with Crippen molar-refractivity contribution in [2.24, 2.45) is 0 Å². The minimum Gasteiger partial charge on any atom is -0.357 e. The fourth-order valence-corrected chi connectivity index (χ4v) is 3.35. The lowest BCUT2D eigenvalue weighted by atomic mass is 10.00. The number of hydrogen-bond donors (Lipinski definition) is 0. The quantitative estimate of drug-likeness (QED) is 0.811.